The van der Waals surface area contributed by atoms with Crippen molar-refractivity contribution >= 4 is 11.8 Å². The van der Waals surface area contributed by atoms with Crippen LogP contribution in [0.15, 0.2) is 24.3 Å². The van der Waals surface area contributed by atoms with Gasteiger partial charge in [0.25, 0.3) is 5.91 Å². The maximum Gasteiger partial charge on any atom is 0.387 e. The lowest BCUT2D eigenvalue weighted by Crippen LogP contribution is -2.47. The second-order valence-corrected chi connectivity index (χ2v) is 7.49. The molecule has 1 aliphatic heterocycles. The first-order valence-corrected chi connectivity index (χ1v) is 9.57. The molecular weight excluding hydrogens is 368 g/mol. The fourth-order valence-corrected chi connectivity index (χ4v) is 3.30. The minimum Gasteiger partial charge on any atom is -0.434 e. The summed E-state index contributed by atoms with van der Waals surface area (Å²) in [6.07, 6.45) is 1.90. The number of alkyl halides is 2. The van der Waals surface area contributed by atoms with Crippen molar-refractivity contribution in [2.45, 2.75) is 51.8 Å². The first-order valence-electron chi connectivity index (χ1n) is 9.57. The molecule has 2 atom stereocenters. The van der Waals surface area contributed by atoms with E-state index in [1.165, 1.54) is 23.1 Å². The van der Waals surface area contributed by atoms with Crippen molar-refractivity contribution in [3.63, 3.8) is 0 Å². The molecule has 6 nitrogen and oxygen atoms in total. The molecule has 0 saturated carbocycles. The van der Waals surface area contributed by atoms with E-state index < -0.39 is 18.6 Å². The first-order chi connectivity index (χ1) is 13.2. The number of likely N-dealkylation sites (tertiary alicyclic amines) is 1. The zero-order chi connectivity index (χ0) is 20.8. The molecule has 1 saturated heterocycles. The fraction of sp³-hybridized carbons (Fsp3) is 0.600. The maximum absolute atomic E-state index is 13.0. The van der Waals surface area contributed by atoms with Crippen LogP contribution in [-0.2, 0) is 4.79 Å². The molecule has 1 fully saturated rings. The van der Waals surface area contributed by atoms with Gasteiger partial charge in [0.15, 0.2) is 0 Å². The third kappa shape index (κ3) is 5.41. The summed E-state index contributed by atoms with van der Waals surface area (Å²) >= 11 is 0. The van der Waals surface area contributed by atoms with Gasteiger partial charge in [-0.15, -0.1) is 0 Å². The number of hydrogen-bond donors (Lipinski definition) is 1. The number of hydrogen-bond acceptors (Lipinski definition) is 4. The lowest BCUT2D eigenvalue weighted by molar-refractivity contribution is -0.134. The van der Waals surface area contributed by atoms with Crippen LogP contribution in [0.4, 0.5) is 8.78 Å². The van der Waals surface area contributed by atoms with E-state index in [4.69, 9.17) is 5.73 Å². The van der Waals surface area contributed by atoms with Gasteiger partial charge in [0.05, 0.1) is 5.56 Å². The van der Waals surface area contributed by atoms with E-state index in [2.05, 4.69) is 4.74 Å². The molecule has 0 aliphatic carbocycles. The van der Waals surface area contributed by atoms with Crippen molar-refractivity contribution in [3.8, 4) is 5.75 Å². The molecule has 2 amide bonds. The van der Waals surface area contributed by atoms with Crippen LogP contribution in [0.25, 0.3) is 0 Å². The second-order valence-electron chi connectivity index (χ2n) is 7.49. The minimum absolute atomic E-state index is 0.00469. The van der Waals surface area contributed by atoms with Crippen LogP contribution in [0, 0.1) is 5.92 Å². The SMILES string of the molecule is CC(C)C(N)CCN(C)C(=O)C1CCCN1C(=O)c1ccccc1OC(F)F. The summed E-state index contributed by atoms with van der Waals surface area (Å²) in [5.74, 6) is -0.496. The molecule has 0 radical (unpaired) electrons. The van der Waals surface area contributed by atoms with Crippen LogP contribution >= 0.6 is 0 Å². The van der Waals surface area contributed by atoms with Gasteiger partial charge in [0.2, 0.25) is 5.91 Å². The van der Waals surface area contributed by atoms with E-state index in [0.29, 0.717) is 38.3 Å². The molecule has 0 aromatic heterocycles. The predicted molar refractivity (Wildman–Crippen MR) is 102 cm³/mol. The first kappa shape index (κ1) is 22.1. The molecule has 2 unspecified atom stereocenters. The summed E-state index contributed by atoms with van der Waals surface area (Å²) < 4.78 is 29.7. The van der Waals surface area contributed by atoms with Gasteiger partial charge in [-0.2, -0.15) is 8.78 Å². The Bertz CT molecular complexity index is 684. The largest absolute Gasteiger partial charge is 0.434 e. The average molecular weight is 397 g/mol. The average Bonchev–Trinajstić information content (AvgIpc) is 3.14. The van der Waals surface area contributed by atoms with Crippen molar-refractivity contribution in [3.05, 3.63) is 29.8 Å². The Morgan fingerprint density at radius 1 is 1.32 bits per heavy atom. The summed E-state index contributed by atoms with van der Waals surface area (Å²) in [5.41, 5.74) is 6.08. The highest BCUT2D eigenvalue weighted by molar-refractivity contribution is 6.00. The minimum atomic E-state index is -3.03. The van der Waals surface area contributed by atoms with Crippen LogP contribution in [0.1, 0.15) is 43.5 Å². The summed E-state index contributed by atoms with van der Waals surface area (Å²) in [6, 6.07) is 5.25. The van der Waals surface area contributed by atoms with Gasteiger partial charge in [0, 0.05) is 26.2 Å². The van der Waals surface area contributed by atoms with E-state index in [1.54, 1.807) is 18.0 Å². The molecule has 28 heavy (non-hydrogen) atoms. The van der Waals surface area contributed by atoms with Crippen molar-refractivity contribution in [1.29, 1.82) is 0 Å². The van der Waals surface area contributed by atoms with Gasteiger partial charge in [-0.1, -0.05) is 26.0 Å². The van der Waals surface area contributed by atoms with Gasteiger partial charge in [-0.3, -0.25) is 9.59 Å². The molecular formula is C20H29F2N3O3. The monoisotopic (exact) mass is 397 g/mol. The van der Waals surface area contributed by atoms with Crippen molar-refractivity contribution in [2.24, 2.45) is 11.7 Å². The number of amides is 2. The van der Waals surface area contributed by atoms with Gasteiger partial charge >= 0.3 is 6.61 Å². The number of halogens is 2. The van der Waals surface area contributed by atoms with E-state index in [0.717, 1.165) is 0 Å². The Morgan fingerprint density at radius 3 is 2.64 bits per heavy atom. The molecule has 156 valence electrons. The Hall–Kier alpha value is -2.22. The zero-order valence-electron chi connectivity index (χ0n) is 16.6. The van der Waals surface area contributed by atoms with Gasteiger partial charge in [0.1, 0.15) is 11.8 Å². The van der Waals surface area contributed by atoms with E-state index in [1.807, 2.05) is 13.8 Å². The van der Waals surface area contributed by atoms with Crippen LogP contribution in [0.2, 0.25) is 0 Å². The van der Waals surface area contributed by atoms with Crippen LogP contribution in [0.3, 0.4) is 0 Å². The molecule has 0 spiro atoms. The Labute approximate surface area is 164 Å². The molecule has 0 bridgehead atoms. The number of rotatable bonds is 8. The third-order valence-electron chi connectivity index (χ3n) is 5.16. The summed E-state index contributed by atoms with van der Waals surface area (Å²) in [5, 5.41) is 0. The molecule has 1 aromatic rings. The molecule has 2 rings (SSSR count). The van der Waals surface area contributed by atoms with Gasteiger partial charge < -0.3 is 20.3 Å². The highest BCUT2D eigenvalue weighted by atomic mass is 19.3. The van der Waals surface area contributed by atoms with Crippen molar-refractivity contribution in [2.75, 3.05) is 20.1 Å². The smallest absolute Gasteiger partial charge is 0.387 e. The van der Waals surface area contributed by atoms with E-state index >= 15 is 0 Å². The van der Waals surface area contributed by atoms with Crippen LogP contribution < -0.4 is 10.5 Å². The zero-order valence-corrected chi connectivity index (χ0v) is 16.6. The predicted octanol–water partition coefficient (Wildman–Crippen LogP) is 2.72. The number of likely N-dealkylation sites (N-methyl/N-ethyl adjacent to an activating group) is 1. The Morgan fingerprint density at radius 2 is 2.00 bits per heavy atom. The van der Waals surface area contributed by atoms with Crippen molar-refractivity contribution in [1.82, 2.24) is 9.80 Å². The number of ether oxygens (including phenoxy) is 1. The molecule has 1 heterocycles. The summed E-state index contributed by atoms with van der Waals surface area (Å²) in [6.45, 7) is 1.94. The number of benzene rings is 1. The van der Waals surface area contributed by atoms with Crippen molar-refractivity contribution < 1.29 is 23.1 Å². The quantitative estimate of drug-likeness (QED) is 0.732. The summed E-state index contributed by atoms with van der Waals surface area (Å²) in [7, 11) is 1.70. The molecule has 2 N–H and O–H groups in total. The fourth-order valence-electron chi connectivity index (χ4n) is 3.30. The van der Waals surface area contributed by atoms with E-state index in [9.17, 15) is 18.4 Å². The standard InChI is InChI=1S/C20H29F2N3O3/c1-13(2)15(23)10-12-24(3)19(27)16-8-6-11-25(16)18(26)14-7-4-5-9-17(14)28-20(21)22/h4-5,7,9,13,15-16,20H,6,8,10-12,23H2,1-3H3. The summed E-state index contributed by atoms with van der Waals surface area (Å²) in [4.78, 5) is 28.9. The van der Waals surface area contributed by atoms with Crippen LogP contribution in [-0.4, -0.2) is 60.4 Å². The topological polar surface area (TPSA) is 75.9 Å². The molecule has 8 heteroatoms. The number of para-hydroxylation sites is 1. The van der Waals surface area contributed by atoms with Crippen LogP contribution in [0.5, 0.6) is 5.75 Å². The second kappa shape index (κ2) is 9.82. The normalized spacial score (nSPS) is 17.9. The highest BCUT2D eigenvalue weighted by Crippen LogP contribution is 2.27. The number of carbonyl (C=O) groups is 2. The Balaban J connectivity index is 2.10. The lowest BCUT2D eigenvalue weighted by atomic mass is 10.0. The highest BCUT2D eigenvalue weighted by Gasteiger charge is 2.37. The number of nitrogens with zero attached hydrogens (tertiary/aromatic N) is 2. The van der Waals surface area contributed by atoms with E-state index in [-0.39, 0.29) is 23.3 Å². The molecule has 1 aromatic carbocycles. The van der Waals surface area contributed by atoms with Gasteiger partial charge in [-0.25, -0.2) is 0 Å². The maximum atomic E-state index is 13.0. The molecule has 1 aliphatic rings. The lowest BCUT2D eigenvalue weighted by Gasteiger charge is -2.29. The third-order valence-corrected chi connectivity index (χ3v) is 5.16. The Kier molecular flexibility index (Phi) is 7.74. The number of nitrogens with two attached hydrogens (primary N) is 1. The number of carbonyl (C=O) groups excluding carboxylic acids is 2. The van der Waals surface area contributed by atoms with Gasteiger partial charge in [-0.05, 0) is 37.3 Å².